The number of rotatable bonds is 4. The molecule has 0 bridgehead atoms. The minimum absolute atomic E-state index is 0.0249. The molecule has 0 saturated carbocycles. The summed E-state index contributed by atoms with van der Waals surface area (Å²) in [7, 11) is -3.65. The summed E-state index contributed by atoms with van der Waals surface area (Å²) >= 11 is 0. The highest BCUT2D eigenvalue weighted by atomic mass is 32.2. The van der Waals surface area contributed by atoms with E-state index in [9.17, 15) is 18.0 Å². The predicted octanol–water partition coefficient (Wildman–Crippen LogP) is 2.20. The Morgan fingerprint density at radius 1 is 1.16 bits per heavy atom. The van der Waals surface area contributed by atoms with Gasteiger partial charge in [-0.05, 0) is 52.7 Å². The number of amides is 1. The van der Waals surface area contributed by atoms with E-state index in [1.165, 1.54) is 23.4 Å². The van der Waals surface area contributed by atoms with Crippen LogP contribution in [-0.2, 0) is 14.8 Å². The zero-order valence-corrected chi connectivity index (χ0v) is 16.0. The Hall–Kier alpha value is -1.73. The first-order valence-electron chi connectivity index (χ1n) is 8.44. The van der Waals surface area contributed by atoms with Gasteiger partial charge in [-0.15, -0.1) is 0 Å². The first-order valence-corrected chi connectivity index (χ1v) is 9.88. The van der Waals surface area contributed by atoms with Crippen molar-refractivity contribution >= 4 is 21.7 Å². The zero-order valence-electron chi connectivity index (χ0n) is 15.2. The number of ketones is 1. The molecule has 6 nitrogen and oxygen atoms in total. The monoisotopic (exact) mass is 366 g/mol. The number of carbonyl (C=O) groups excluding carboxylic acids is 2. The molecule has 0 radical (unpaired) electrons. The first-order chi connectivity index (χ1) is 11.5. The molecule has 138 valence electrons. The van der Waals surface area contributed by atoms with E-state index in [1.807, 2.05) is 20.8 Å². The number of benzene rings is 1. The van der Waals surface area contributed by atoms with Crippen LogP contribution < -0.4 is 5.32 Å². The van der Waals surface area contributed by atoms with Crippen molar-refractivity contribution < 1.29 is 18.0 Å². The van der Waals surface area contributed by atoms with Crippen LogP contribution in [-0.4, -0.2) is 43.0 Å². The van der Waals surface area contributed by atoms with Gasteiger partial charge >= 0.3 is 0 Å². The maximum atomic E-state index is 12.8. The van der Waals surface area contributed by atoms with Crippen molar-refractivity contribution in [1.29, 1.82) is 0 Å². The van der Waals surface area contributed by atoms with Crippen molar-refractivity contribution in [3.63, 3.8) is 0 Å². The predicted molar refractivity (Wildman–Crippen MR) is 95.8 cm³/mol. The second-order valence-electron chi connectivity index (χ2n) is 7.50. The number of hydrogen-bond acceptors (Lipinski definition) is 4. The van der Waals surface area contributed by atoms with E-state index in [2.05, 4.69) is 5.32 Å². The largest absolute Gasteiger partial charge is 0.351 e. The average molecular weight is 366 g/mol. The Labute approximate surface area is 149 Å². The number of nitrogens with one attached hydrogen (secondary N) is 1. The van der Waals surface area contributed by atoms with Crippen molar-refractivity contribution in [3.05, 3.63) is 29.8 Å². The summed E-state index contributed by atoms with van der Waals surface area (Å²) in [5, 5.41) is 2.95. The number of hydrogen-bond donors (Lipinski definition) is 1. The second-order valence-corrected chi connectivity index (χ2v) is 9.44. The Morgan fingerprint density at radius 2 is 1.76 bits per heavy atom. The summed E-state index contributed by atoms with van der Waals surface area (Å²) in [6.07, 6.45) is 0.987. The Morgan fingerprint density at radius 3 is 2.28 bits per heavy atom. The lowest BCUT2D eigenvalue weighted by Crippen LogP contribution is -2.47. The zero-order chi connectivity index (χ0) is 18.8. The molecule has 1 N–H and O–H groups in total. The summed E-state index contributed by atoms with van der Waals surface area (Å²) < 4.78 is 27.0. The molecule has 7 heteroatoms. The Bertz CT molecular complexity index is 758. The third-order valence-corrected chi connectivity index (χ3v) is 6.10. The van der Waals surface area contributed by atoms with Crippen LogP contribution in [0.15, 0.2) is 29.2 Å². The van der Waals surface area contributed by atoms with Gasteiger partial charge in [0.25, 0.3) is 0 Å². The molecule has 1 aliphatic heterocycles. The molecule has 25 heavy (non-hydrogen) atoms. The highest BCUT2D eigenvalue weighted by molar-refractivity contribution is 7.89. The van der Waals surface area contributed by atoms with Gasteiger partial charge in [-0.2, -0.15) is 4.31 Å². The first kappa shape index (κ1) is 19.6. The summed E-state index contributed by atoms with van der Waals surface area (Å²) in [4.78, 5) is 23.8. The van der Waals surface area contributed by atoms with E-state index in [-0.39, 0.29) is 28.0 Å². The molecular formula is C18H26N2O4S. The van der Waals surface area contributed by atoms with Gasteiger partial charge in [0.05, 0.1) is 4.90 Å². The fourth-order valence-electron chi connectivity index (χ4n) is 2.85. The topological polar surface area (TPSA) is 83.6 Å². The summed E-state index contributed by atoms with van der Waals surface area (Å²) in [6, 6.07) is 6.09. The van der Waals surface area contributed by atoms with E-state index in [0.29, 0.717) is 31.5 Å². The molecule has 1 fully saturated rings. The van der Waals surface area contributed by atoms with Crippen LogP contribution in [0.5, 0.6) is 0 Å². The van der Waals surface area contributed by atoms with Gasteiger partial charge in [0.15, 0.2) is 5.78 Å². The molecule has 1 heterocycles. The third-order valence-electron chi connectivity index (χ3n) is 4.20. The minimum atomic E-state index is -3.65. The molecule has 1 aliphatic rings. The average Bonchev–Trinajstić information content (AvgIpc) is 2.53. The van der Waals surface area contributed by atoms with Gasteiger partial charge in [-0.1, -0.05) is 12.1 Å². The highest BCUT2D eigenvalue weighted by Gasteiger charge is 2.33. The summed E-state index contributed by atoms with van der Waals surface area (Å²) in [5.41, 5.74) is 0.0773. The molecular weight excluding hydrogens is 340 g/mol. The number of Topliss-reactive ketones (excluding diaryl/α,β-unsaturated/α-hetero) is 1. The van der Waals surface area contributed by atoms with Crippen LogP contribution in [0.3, 0.4) is 0 Å². The molecule has 0 aromatic heterocycles. The molecule has 1 amide bonds. The van der Waals surface area contributed by atoms with Gasteiger partial charge in [-0.25, -0.2) is 8.42 Å². The lowest BCUT2D eigenvalue weighted by atomic mass is 9.96. The number of carbonyl (C=O) groups is 2. The quantitative estimate of drug-likeness (QED) is 0.828. The van der Waals surface area contributed by atoms with Gasteiger partial charge in [0.1, 0.15) is 0 Å². The molecule has 1 aromatic carbocycles. The Balaban J connectivity index is 2.08. The van der Waals surface area contributed by atoms with E-state index < -0.39 is 10.0 Å². The van der Waals surface area contributed by atoms with E-state index >= 15 is 0 Å². The van der Waals surface area contributed by atoms with Crippen LogP contribution in [0.4, 0.5) is 0 Å². The molecule has 2 rings (SSSR count). The minimum Gasteiger partial charge on any atom is -0.351 e. The highest BCUT2D eigenvalue weighted by Crippen LogP contribution is 2.25. The second kappa shape index (κ2) is 7.25. The van der Waals surface area contributed by atoms with E-state index in [4.69, 9.17) is 0 Å². The molecule has 1 aromatic rings. The number of sulfonamides is 1. The number of piperidine rings is 1. The maximum absolute atomic E-state index is 12.8. The van der Waals surface area contributed by atoms with Crippen LogP contribution >= 0.6 is 0 Å². The lowest BCUT2D eigenvalue weighted by Gasteiger charge is -2.32. The van der Waals surface area contributed by atoms with Gasteiger partial charge in [0.2, 0.25) is 15.9 Å². The molecule has 0 aliphatic carbocycles. The fraction of sp³-hybridized carbons (Fsp3) is 0.556. The maximum Gasteiger partial charge on any atom is 0.243 e. The van der Waals surface area contributed by atoms with Crippen LogP contribution in [0.1, 0.15) is 50.9 Å². The van der Waals surface area contributed by atoms with Gasteiger partial charge < -0.3 is 5.32 Å². The molecule has 0 atom stereocenters. The lowest BCUT2D eigenvalue weighted by molar-refractivity contribution is -0.127. The smallest absolute Gasteiger partial charge is 0.243 e. The van der Waals surface area contributed by atoms with Crippen LogP contribution in [0.2, 0.25) is 0 Å². The van der Waals surface area contributed by atoms with Crippen molar-refractivity contribution in [2.24, 2.45) is 5.92 Å². The van der Waals surface area contributed by atoms with E-state index in [1.54, 1.807) is 12.1 Å². The molecule has 0 unspecified atom stereocenters. The van der Waals surface area contributed by atoms with Crippen molar-refractivity contribution in [1.82, 2.24) is 9.62 Å². The molecule has 0 spiro atoms. The normalized spacial score (nSPS) is 17.3. The SMILES string of the molecule is CC(=O)c1cccc(S(=O)(=O)N2CCC(C(=O)NC(C)(C)C)CC2)c1. The number of nitrogens with zero attached hydrogens (tertiary/aromatic N) is 1. The van der Waals surface area contributed by atoms with Gasteiger partial charge in [0, 0.05) is 30.1 Å². The Kier molecular flexibility index (Phi) is 5.68. The summed E-state index contributed by atoms with van der Waals surface area (Å²) in [5.74, 6) is -0.369. The van der Waals surface area contributed by atoms with Crippen LogP contribution in [0, 0.1) is 5.92 Å². The van der Waals surface area contributed by atoms with Crippen molar-refractivity contribution in [2.45, 2.75) is 51.0 Å². The summed E-state index contributed by atoms with van der Waals surface area (Å²) in [6.45, 7) is 7.78. The van der Waals surface area contributed by atoms with E-state index in [0.717, 1.165) is 0 Å². The van der Waals surface area contributed by atoms with Gasteiger partial charge in [-0.3, -0.25) is 9.59 Å². The van der Waals surface area contributed by atoms with Crippen molar-refractivity contribution in [2.75, 3.05) is 13.1 Å². The van der Waals surface area contributed by atoms with Crippen molar-refractivity contribution in [3.8, 4) is 0 Å². The fourth-order valence-corrected chi connectivity index (χ4v) is 4.37. The standard InChI is InChI=1S/C18H26N2O4S/c1-13(21)15-6-5-7-16(12-15)25(23,24)20-10-8-14(9-11-20)17(22)19-18(2,3)4/h5-7,12,14H,8-11H2,1-4H3,(H,19,22). The molecule has 1 saturated heterocycles. The third kappa shape index (κ3) is 4.89. The van der Waals surface area contributed by atoms with Crippen LogP contribution in [0.25, 0.3) is 0 Å².